The monoisotopic (exact) mass is 1290 g/mol. The van der Waals surface area contributed by atoms with Crippen LogP contribution in [0.1, 0.15) is 86.0 Å². The number of carbonyl (C=O) groups excluding carboxylic acids is 8. The fourth-order valence-electron chi connectivity index (χ4n) is 9.10. The third kappa shape index (κ3) is 29.0. The Morgan fingerprint density at radius 3 is 1.02 bits per heavy atom. The van der Waals surface area contributed by atoms with Crippen molar-refractivity contribution in [2.24, 2.45) is 0 Å². The number of carbonyl (C=O) groups is 8. The van der Waals surface area contributed by atoms with Gasteiger partial charge in [0.05, 0.1) is 85.4 Å². The highest BCUT2D eigenvalue weighted by Crippen LogP contribution is 2.25. The minimum Gasteiger partial charge on any atom is -0.394 e. The predicted molar refractivity (Wildman–Crippen MR) is 302 cm³/mol. The van der Waals surface area contributed by atoms with Gasteiger partial charge in [0.1, 0.15) is 85.3 Å². The van der Waals surface area contributed by atoms with Gasteiger partial charge in [-0.3, -0.25) is 38.4 Å². The normalized spacial score (nSPS) is 27.6. The summed E-state index contributed by atoms with van der Waals surface area (Å²) in [6.45, 7) is 3.48. The van der Waals surface area contributed by atoms with E-state index in [1.54, 1.807) is 13.8 Å². The van der Waals surface area contributed by atoms with Crippen molar-refractivity contribution in [1.82, 2.24) is 42.5 Å². The van der Waals surface area contributed by atoms with Gasteiger partial charge >= 0.3 is 0 Å². The van der Waals surface area contributed by atoms with E-state index in [4.69, 9.17) is 47.4 Å². The molecule has 514 valence electrons. The molecular weight excluding hydrogens is 1190 g/mol. The molecule has 0 aromatic rings. The molecule has 3 heterocycles. The number of rotatable bonds is 43. The number of nitrogens with one attached hydrogen (secondary N) is 8. The molecule has 6 unspecified atom stereocenters. The molecule has 3 aliphatic rings. The molecule has 0 aromatic heterocycles. The molecule has 89 heavy (non-hydrogen) atoms. The Balaban J connectivity index is 1.65. The topological polar surface area (TPSA) is 507 Å². The predicted octanol–water partition coefficient (Wildman–Crippen LogP) is -8.26. The first kappa shape index (κ1) is 78.2. The van der Waals surface area contributed by atoms with Crippen molar-refractivity contribution in [1.29, 1.82) is 0 Å². The molecule has 0 saturated carbocycles. The average Bonchev–Trinajstić information content (AvgIpc) is 2.16. The zero-order valence-corrected chi connectivity index (χ0v) is 51.1. The second-order valence-electron chi connectivity index (χ2n) is 21.7. The Bertz CT molecular complexity index is 1950. The van der Waals surface area contributed by atoms with Crippen LogP contribution in [-0.2, 0) is 85.7 Å². The second kappa shape index (κ2) is 42.2. The largest absolute Gasteiger partial charge is 0.394 e. The Morgan fingerprint density at radius 1 is 0.427 bits per heavy atom. The van der Waals surface area contributed by atoms with Crippen LogP contribution in [0.3, 0.4) is 0 Å². The number of hydrogen-bond acceptors (Lipinski definition) is 27. The Hall–Kier alpha value is -5.00. The van der Waals surface area contributed by atoms with E-state index in [0.717, 1.165) is 0 Å². The summed E-state index contributed by atoms with van der Waals surface area (Å²) in [5, 5.41) is 112. The molecule has 8 amide bonds. The van der Waals surface area contributed by atoms with Gasteiger partial charge in [0.25, 0.3) is 0 Å². The average molecular weight is 1290 g/mol. The van der Waals surface area contributed by atoms with Crippen molar-refractivity contribution in [2.75, 3.05) is 106 Å². The smallest absolute Gasteiger partial charge is 0.222 e. The maximum Gasteiger partial charge on any atom is 0.222 e. The van der Waals surface area contributed by atoms with E-state index in [-0.39, 0.29) is 143 Å². The SMILES string of the molecule is CC(=O)NC1[C@H](OCCCNC(=O)CCOCC(COCCC(=O)NCCCO[C@@H]2OC(CO)[C@H](O)[C@H](O)C2NC(C)=O)(COCCC(=O)NCCCO[C@@H]2OC(CO)[C@H](O)[C@H](O)C2NC(C)=O)NC(=O)CCC(=O)NCOC(C)C)OC(CO)[C@H](O)[C@@H]1O. The summed E-state index contributed by atoms with van der Waals surface area (Å²) >= 11 is 0. The fourth-order valence-corrected chi connectivity index (χ4v) is 9.10. The summed E-state index contributed by atoms with van der Waals surface area (Å²) in [7, 11) is 0. The molecule has 0 radical (unpaired) electrons. The molecule has 15 atom stereocenters. The van der Waals surface area contributed by atoms with Gasteiger partial charge in [-0.15, -0.1) is 0 Å². The van der Waals surface area contributed by atoms with Crippen molar-refractivity contribution < 1.29 is 132 Å². The zero-order valence-electron chi connectivity index (χ0n) is 51.1. The number of ether oxygens (including phenoxy) is 10. The van der Waals surface area contributed by atoms with E-state index in [1.807, 2.05) is 0 Å². The minimum atomic E-state index is -1.58. The van der Waals surface area contributed by atoms with Gasteiger partial charge in [-0.25, -0.2) is 0 Å². The molecule has 17 N–H and O–H groups in total. The molecule has 3 rings (SSSR count). The summed E-state index contributed by atoms with van der Waals surface area (Å²) in [5.74, 6) is -4.14. The van der Waals surface area contributed by atoms with Crippen molar-refractivity contribution in [3.05, 3.63) is 0 Å². The summed E-state index contributed by atoms with van der Waals surface area (Å²) in [6.07, 6.45) is -17.1. The van der Waals surface area contributed by atoms with Crippen LogP contribution in [0.15, 0.2) is 0 Å². The third-order valence-corrected chi connectivity index (χ3v) is 13.8. The molecule has 0 spiro atoms. The number of amides is 8. The fraction of sp³-hybridized carbons (Fsp3) is 0.852. The van der Waals surface area contributed by atoms with Gasteiger partial charge in [-0.2, -0.15) is 0 Å². The lowest BCUT2D eigenvalue weighted by molar-refractivity contribution is -0.270. The van der Waals surface area contributed by atoms with Crippen molar-refractivity contribution >= 4 is 47.3 Å². The Morgan fingerprint density at radius 2 is 0.730 bits per heavy atom. The summed E-state index contributed by atoms with van der Waals surface area (Å²) in [4.78, 5) is 101. The minimum absolute atomic E-state index is 0.0439. The highest BCUT2D eigenvalue weighted by molar-refractivity contribution is 5.84. The van der Waals surface area contributed by atoms with Gasteiger partial charge < -0.3 is 136 Å². The standard InChI is InChI=1S/C54H96N8O27/c1-30(2)86-29-58-37(69)9-10-41(73)62-54(26-80-20-11-38(70)55-14-6-17-83-51-42(59-31(3)66)48(77)45(74)34(23-63)87-51,27-81-21-12-39(71)56-15-7-18-84-52-43(60-32(4)67)49(78)46(75)35(24-64)88-52)28-82-22-13-40(72)57-16-8-19-85-53-44(61-33(5)68)50(79)47(76)36(25-65)89-53/h30,34-36,42-53,63-65,74-79H,6-29H2,1-5H3,(H,55,70)(H,56,71)(H,57,72)(H,58,69)(H,59,66)(H,60,67)(H,61,68)(H,62,73)/t34?,35?,36?,42?,43?,44?,45-,46-,47-,48+,49+,50+,51+,52+,53+,54?/m0/s1. The summed E-state index contributed by atoms with van der Waals surface area (Å²) in [6, 6.07) is -3.48. The summed E-state index contributed by atoms with van der Waals surface area (Å²) < 4.78 is 57.0. The summed E-state index contributed by atoms with van der Waals surface area (Å²) in [5.41, 5.74) is -1.58. The number of aliphatic hydroxyl groups is 9. The first-order chi connectivity index (χ1) is 42.3. The zero-order chi connectivity index (χ0) is 66.1. The lowest BCUT2D eigenvalue weighted by atomic mass is 9.97. The molecule has 0 bridgehead atoms. The van der Waals surface area contributed by atoms with Crippen LogP contribution < -0.4 is 42.5 Å². The van der Waals surface area contributed by atoms with E-state index < -0.39 is 165 Å². The molecular formula is C54H96N8O27. The maximum absolute atomic E-state index is 13.7. The van der Waals surface area contributed by atoms with Crippen LogP contribution in [0.2, 0.25) is 0 Å². The van der Waals surface area contributed by atoms with Crippen LogP contribution in [-0.4, -0.2) is 302 Å². The van der Waals surface area contributed by atoms with Crippen molar-refractivity contribution in [3.8, 4) is 0 Å². The Labute approximate surface area is 515 Å². The highest BCUT2D eigenvalue weighted by atomic mass is 16.7. The van der Waals surface area contributed by atoms with E-state index in [1.165, 1.54) is 20.8 Å². The highest BCUT2D eigenvalue weighted by Gasteiger charge is 2.48. The lowest BCUT2D eigenvalue weighted by Gasteiger charge is -2.42. The van der Waals surface area contributed by atoms with E-state index in [9.17, 15) is 84.3 Å². The first-order valence-corrected chi connectivity index (χ1v) is 29.6. The molecule has 3 aliphatic heterocycles. The third-order valence-electron chi connectivity index (χ3n) is 13.8. The van der Waals surface area contributed by atoms with Crippen LogP contribution >= 0.6 is 0 Å². The molecule has 35 heteroatoms. The molecule has 0 aromatic carbocycles. The van der Waals surface area contributed by atoms with Crippen LogP contribution in [0.25, 0.3) is 0 Å². The first-order valence-electron chi connectivity index (χ1n) is 29.6. The van der Waals surface area contributed by atoms with Gasteiger partial charge in [0, 0.05) is 72.5 Å². The lowest BCUT2D eigenvalue weighted by Crippen LogP contribution is -2.64. The van der Waals surface area contributed by atoms with E-state index in [0.29, 0.717) is 0 Å². The van der Waals surface area contributed by atoms with Crippen molar-refractivity contribution in [2.45, 2.75) is 190 Å². The van der Waals surface area contributed by atoms with Crippen molar-refractivity contribution in [3.63, 3.8) is 0 Å². The molecule has 3 saturated heterocycles. The maximum atomic E-state index is 13.7. The van der Waals surface area contributed by atoms with Gasteiger partial charge in [-0.05, 0) is 33.1 Å². The van der Waals surface area contributed by atoms with Gasteiger partial charge in [0.15, 0.2) is 18.9 Å². The molecule has 35 nitrogen and oxygen atoms in total. The second-order valence-corrected chi connectivity index (χ2v) is 21.7. The van der Waals surface area contributed by atoms with Crippen LogP contribution in [0, 0.1) is 0 Å². The quantitative estimate of drug-likeness (QED) is 0.0199. The van der Waals surface area contributed by atoms with Crippen LogP contribution in [0.5, 0.6) is 0 Å². The Kier molecular flexibility index (Phi) is 37.1. The van der Waals surface area contributed by atoms with Gasteiger partial charge in [-0.1, -0.05) is 0 Å². The molecule has 0 aliphatic carbocycles. The van der Waals surface area contributed by atoms with Crippen LogP contribution in [0.4, 0.5) is 0 Å². The molecule has 3 fully saturated rings. The number of hydrogen-bond donors (Lipinski definition) is 17. The van der Waals surface area contributed by atoms with E-state index >= 15 is 0 Å². The number of aliphatic hydroxyl groups excluding tert-OH is 9. The van der Waals surface area contributed by atoms with Gasteiger partial charge in [0.2, 0.25) is 47.3 Å². The van der Waals surface area contributed by atoms with E-state index in [2.05, 4.69) is 42.5 Å².